The van der Waals surface area contributed by atoms with Gasteiger partial charge in [-0.3, -0.25) is 4.79 Å². The second-order valence-electron chi connectivity index (χ2n) is 2.73. The number of nitrogens with zero attached hydrogens (tertiary/aromatic N) is 1. The molecule has 0 fully saturated rings. The van der Waals surface area contributed by atoms with Crippen molar-refractivity contribution in [2.24, 2.45) is 5.73 Å². The predicted octanol–water partition coefficient (Wildman–Crippen LogP) is 0.836. The normalized spacial score (nSPS) is 12.6. The number of nitrogens with two attached hydrogens (primary N) is 1. The van der Waals surface area contributed by atoms with E-state index >= 15 is 0 Å². The van der Waals surface area contributed by atoms with Crippen molar-refractivity contribution >= 4 is 17.2 Å². The Hall–Kier alpha value is -0.870. The lowest BCUT2D eigenvalue weighted by Gasteiger charge is -2.14. The van der Waals surface area contributed by atoms with E-state index in [0.717, 1.165) is 4.88 Å². The topological polar surface area (TPSA) is 46.3 Å². The summed E-state index contributed by atoms with van der Waals surface area (Å²) in [6, 6.07) is 3.26. The van der Waals surface area contributed by atoms with Gasteiger partial charge in [0.1, 0.15) is 6.04 Å². The zero-order valence-electron chi connectivity index (χ0n) is 7.15. The summed E-state index contributed by atoms with van der Waals surface area (Å²) in [6.45, 7) is 0. The largest absolute Gasteiger partial charge is 0.347 e. The van der Waals surface area contributed by atoms with Crippen LogP contribution in [0.15, 0.2) is 17.5 Å². The lowest BCUT2D eigenvalue weighted by molar-refractivity contribution is -0.130. The van der Waals surface area contributed by atoms with Gasteiger partial charge in [0.15, 0.2) is 0 Å². The number of carbonyl (C=O) groups is 1. The quantitative estimate of drug-likeness (QED) is 0.740. The fourth-order valence-corrected chi connectivity index (χ4v) is 1.59. The predicted molar refractivity (Wildman–Crippen MR) is 49.9 cm³/mol. The van der Waals surface area contributed by atoms with Crippen LogP contribution in [0.2, 0.25) is 0 Å². The minimum absolute atomic E-state index is 0.0579. The fraction of sp³-hybridized carbons (Fsp3) is 0.375. The Bertz CT molecular complexity index is 256. The first-order valence-electron chi connectivity index (χ1n) is 3.63. The second-order valence-corrected chi connectivity index (χ2v) is 3.71. The molecule has 0 aromatic carbocycles. The van der Waals surface area contributed by atoms with E-state index in [0.29, 0.717) is 0 Å². The van der Waals surface area contributed by atoms with Crippen LogP contribution in [-0.4, -0.2) is 24.9 Å². The molecule has 1 rings (SSSR count). The average molecular weight is 184 g/mol. The van der Waals surface area contributed by atoms with Crippen LogP contribution in [0.25, 0.3) is 0 Å². The van der Waals surface area contributed by atoms with Crippen LogP contribution in [0.1, 0.15) is 10.9 Å². The highest BCUT2D eigenvalue weighted by Gasteiger charge is 2.17. The molecule has 0 radical (unpaired) electrons. The summed E-state index contributed by atoms with van der Waals surface area (Å²) in [7, 11) is 3.41. The third-order valence-corrected chi connectivity index (χ3v) is 2.51. The number of amides is 1. The van der Waals surface area contributed by atoms with Crippen LogP contribution in [0.3, 0.4) is 0 Å². The molecule has 1 aromatic heterocycles. The molecular formula is C8H12N2OS. The van der Waals surface area contributed by atoms with Gasteiger partial charge < -0.3 is 10.6 Å². The molecule has 0 aliphatic carbocycles. The summed E-state index contributed by atoms with van der Waals surface area (Å²) >= 11 is 1.50. The summed E-state index contributed by atoms with van der Waals surface area (Å²) < 4.78 is 0. The first-order valence-corrected chi connectivity index (χ1v) is 4.51. The number of rotatable bonds is 2. The summed E-state index contributed by atoms with van der Waals surface area (Å²) in [4.78, 5) is 13.8. The number of likely N-dealkylation sites (N-methyl/N-ethyl adjacent to an activating group) is 1. The van der Waals surface area contributed by atoms with Gasteiger partial charge in [0.05, 0.1) is 0 Å². The van der Waals surface area contributed by atoms with E-state index in [1.807, 2.05) is 17.5 Å². The van der Waals surface area contributed by atoms with Gasteiger partial charge in [0.25, 0.3) is 0 Å². The average Bonchev–Trinajstić information content (AvgIpc) is 2.53. The van der Waals surface area contributed by atoms with Gasteiger partial charge in [-0.15, -0.1) is 11.3 Å². The highest BCUT2D eigenvalue weighted by Crippen LogP contribution is 2.17. The molecule has 4 heteroatoms. The molecule has 0 bridgehead atoms. The lowest BCUT2D eigenvalue weighted by atomic mass is 10.2. The van der Waals surface area contributed by atoms with E-state index in [2.05, 4.69) is 0 Å². The summed E-state index contributed by atoms with van der Waals surface area (Å²) in [5.74, 6) is -0.0579. The third kappa shape index (κ3) is 1.84. The molecule has 1 atom stereocenters. The van der Waals surface area contributed by atoms with Gasteiger partial charge in [0, 0.05) is 19.0 Å². The van der Waals surface area contributed by atoms with E-state index in [1.165, 1.54) is 16.2 Å². The maximum Gasteiger partial charge on any atom is 0.244 e. The molecule has 0 aliphatic rings. The highest BCUT2D eigenvalue weighted by atomic mass is 32.1. The van der Waals surface area contributed by atoms with Crippen molar-refractivity contribution in [3.05, 3.63) is 22.4 Å². The van der Waals surface area contributed by atoms with Crippen LogP contribution in [0.4, 0.5) is 0 Å². The van der Waals surface area contributed by atoms with Crippen molar-refractivity contribution in [3.63, 3.8) is 0 Å². The van der Waals surface area contributed by atoms with Crippen molar-refractivity contribution in [2.45, 2.75) is 6.04 Å². The maximum atomic E-state index is 11.3. The molecule has 12 heavy (non-hydrogen) atoms. The molecule has 1 heterocycles. The van der Waals surface area contributed by atoms with E-state index in [1.54, 1.807) is 14.1 Å². The van der Waals surface area contributed by atoms with Gasteiger partial charge in [-0.1, -0.05) is 6.07 Å². The van der Waals surface area contributed by atoms with Crippen molar-refractivity contribution in [1.82, 2.24) is 4.90 Å². The summed E-state index contributed by atoms with van der Waals surface area (Å²) in [6.07, 6.45) is 0. The standard InChI is InChI=1S/C8H12N2OS/c1-10(2)8(11)7(9)6-4-3-5-12-6/h3-5,7H,9H2,1-2H3. The number of carbonyl (C=O) groups excluding carboxylic acids is 1. The van der Waals surface area contributed by atoms with Crippen molar-refractivity contribution in [2.75, 3.05) is 14.1 Å². The van der Waals surface area contributed by atoms with E-state index in [9.17, 15) is 4.79 Å². The SMILES string of the molecule is CN(C)C(=O)C(N)c1cccs1. The zero-order valence-corrected chi connectivity index (χ0v) is 7.97. The Morgan fingerprint density at radius 3 is 2.75 bits per heavy atom. The Labute approximate surface area is 75.8 Å². The summed E-state index contributed by atoms with van der Waals surface area (Å²) in [5, 5.41) is 1.91. The second kappa shape index (κ2) is 3.69. The number of thiophene rings is 1. The molecule has 1 amide bonds. The van der Waals surface area contributed by atoms with Crippen molar-refractivity contribution < 1.29 is 4.79 Å². The van der Waals surface area contributed by atoms with Gasteiger partial charge >= 0.3 is 0 Å². The van der Waals surface area contributed by atoms with Crippen LogP contribution >= 0.6 is 11.3 Å². The highest BCUT2D eigenvalue weighted by molar-refractivity contribution is 7.10. The summed E-state index contributed by atoms with van der Waals surface area (Å²) in [5.41, 5.74) is 5.70. The Morgan fingerprint density at radius 1 is 1.67 bits per heavy atom. The minimum Gasteiger partial charge on any atom is -0.347 e. The number of hydrogen-bond donors (Lipinski definition) is 1. The minimum atomic E-state index is -0.500. The molecule has 0 saturated heterocycles. The zero-order chi connectivity index (χ0) is 9.14. The van der Waals surface area contributed by atoms with E-state index in [-0.39, 0.29) is 5.91 Å². The molecule has 1 unspecified atom stereocenters. The van der Waals surface area contributed by atoms with Gasteiger partial charge in [0.2, 0.25) is 5.91 Å². The molecule has 0 aliphatic heterocycles. The van der Waals surface area contributed by atoms with E-state index < -0.39 is 6.04 Å². The Balaban J connectivity index is 2.72. The molecule has 3 nitrogen and oxygen atoms in total. The molecule has 1 aromatic rings. The molecule has 0 saturated carbocycles. The van der Waals surface area contributed by atoms with Crippen LogP contribution in [0.5, 0.6) is 0 Å². The monoisotopic (exact) mass is 184 g/mol. The third-order valence-electron chi connectivity index (χ3n) is 1.56. The van der Waals surface area contributed by atoms with Gasteiger partial charge in [-0.2, -0.15) is 0 Å². The first kappa shape index (κ1) is 9.22. The fourth-order valence-electron chi connectivity index (χ4n) is 0.868. The van der Waals surface area contributed by atoms with Crippen LogP contribution in [0, 0.1) is 0 Å². The Morgan fingerprint density at radius 2 is 2.33 bits per heavy atom. The van der Waals surface area contributed by atoms with Crippen molar-refractivity contribution in [3.8, 4) is 0 Å². The lowest BCUT2D eigenvalue weighted by Crippen LogP contribution is -2.32. The smallest absolute Gasteiger partial charge is 0.244 e. The molecule has 66 valence electrons. The van der Waals surface area contributed by atoms with E-state index in [4.69, 9.17) is 5.73 Å². The maximum absolute atomic E-state index is 11.3. The van der Waals surface area contributed by atoms with Crippen LogP contribution in [-0.2, 0) is 4.79 Å². The van der Waals surface area contributed by atoms with Gasteiger partial charge in [-0.05, 0) is 11.4 Å². The number of hydrogen-bond acceptors (Lipinski definition) is 3. The molecule has 2 N–H and O–H groups in total. The van der Waals surface area contributed by atoms with Gasteiger partial charge in [-0.25, -0.2) is 0 Å². The molecular weight excluding hydrogens is 172 g/mol. The molecule has 0 spiro atoms. The van der Waals surface area contributed by atoms with Crippen LogP contribution < -0.4 is 5.73 Å². The van der Waals surface area contributed by atoms with Crippen molar-refractivity contribution in [1.29, 1.82) is 0 Å². The first-order chi connectivity index (χ1) is 5.63. The Kier molecular flexibility index (Phi) is 2.83.